The molecular formula is C18H19N5O4. The molecule has 27 heavy (non-hydrogen) atoms. The van der Waals surface area contributed by atoms with Gasteiger partial charge in [0, 0.05) is 48.9 Å². The molecule has 9 heteroatoms. The summed E-state index contributed by atoms with van der Waals surface area (Å²) in [5.74, 6) is -0.274. The fourth-order valence-corrected chi connectivity index (χ4v) is 3.20. The van der Waals surface area contributed by atoms with E-state index in [0.717, 1.165) is 29.7 Å². The number of non-ortho nitro benzene ring substituents is 1. The number of carbonyl (C=O) groups is 2. The molecule has 1 aliphatic carbocycles. The smallest absolute Gasteiger partial charge is 0.272 e. The predicted octanol–water partition coefficient (Wildman–Crippen LogP) is 1.34. The number of fused-ring (bicyclic) bond motifs is 1. The first kappa shape index (κ1) is 17.2. The number of hydrogen-bond donors (Lipinski definition) is 2. The molecule has 2 aromatic rings. The number of nitro groups is 1. The third-order valence-corrected chi connectivity index (χ3v) is 4.92. The van der Waals surface area contributed by atoms with Crippen molar-refractivity contribution in [1.82, 2.24) is 20.4 Å². The summed E-state index contributed by atoms with van der Waals surface area (Å²) in [4.78, 5) is 36.9. The highest BCUT2D eigenvalue weighted by Gasteiger charge is 2.30. The molecule has 0 unspecified atom stereocenters. The van der Waals surface area contributed by atoms with Crippen molar-refractivity contribution in [3.8, 4) is 0 Å². The zero-order valence-electron chi connectivity index (χ0n) is 14.6. The van der Waals surface area contributed by atoms with E-state index >= 15 is 0 Å². The topological polar surface area (TPSA) is 121 Å². The number of H-pyrrole nitrogens is 1. The zero-order chi connectivity index (χ0) is 19.0. The standard InChI is InChI=1S/C18H19N5O4/c24-16(9-11-1-5-13(6-2-11)23(26)27)22-8-7-15-14(10-22)17(21-20-15)18(25)19-12-3-4-12/h1-2,5-6,12H,3-4,7-10H2,(H,19,25)(H,20,21). The monoisotopic (exact) mass is 369 g/mol. The summed E-state index contributed by atoms with van der Waals surface area (Å²) in [6.45, 7) is 0.885. The van der Waals surface area contributed by atoms with E-state index in [0.29, 0.717) is 25.2 Å². The maximum atomic E-state index is 12.6. The summed E-state index contributed by atoms with van der Waals surface area (Å²) in [5, 5.41) is 20.7. The molecule has 1 aromatic heterocycles. The molecule has 1 saturated carbocycles. The molecule has 1 aromatic carbocycles. The summed E-state index contributed by atoms with van der Waals surface area (Å²) >= 11 is 0. The lowest BCUT2D eigenvalue weighted by Crippen LogP contribution is -2.37. The van der Waals surface area contributed by atoms with Crippen LogP contribution in [0.1, 0.15) is 40.2 Å². The number of rotatable bonds is 5. The maximum Gasteiger partial charge on any atom is 0.272 e. The highest BCUT2D eigenvalue weighted by molar-refractivity contribution is 5.94. The second-order valence-corrected chi connectivity index (χ2v) is 6.94. The number of aromatic nitrogens is 2. The number of aromatic amines is 1. The van der Waals surface area contributed by atoms with E-state index in [2.05, 4.69) is 15.5 Å². The lowest BCUT2D eigenvalue weighted by Gasteiger charge is -2.27. The molecule has 4 rings (SSSR count). The van der Waals surface area contributed by atoms with Gasteiger partial charge in [-0.05, 0) is 18.4 Å². The van der Waals surface area contributed by atoms with Gasteiger partial charge in [-0.2, -0.15) is 5.10 Å². The van der Waals surface area contributed by atoms with E-state index in [1.807, 2.05) is 0 Å². The lowest BCUT2D eigenvalue weighted by atomic mass is 10.0. The number of carbonyl (C=O) groups excluding carboxylic acids is 2. The minimum Gasteiger partial charge on any atom is -0.348 e. The minimum atomic E-state index is -0.467. The normalized spacial score (nSPS) is 15.9. The van der Waals surface area contributed by atoms with Crippen LogP contribution in [0.4, 0.5) is 5.69 Å². The molecule has 140 valence electrons. The quantitative estimate of drug-likeness (QED) is 0.608. The van der Waals surface area contributed by atoms with E-state index in [9.17, 15) is 19.7 Å². The first-order valence-electron chi connectivity index (χ1n) is 8.89. The van der Waals surface area contributed by atoms with Crippen LogP contribution in [0.2, 0.25) is 0 Å². The molecule has 0 atom stereocenters. The average Bonchev–Trinajstić information content (AvgIpc) is 3.37. The molecule has 0 radical (unpaired) electrons. The van der Waals surface area contributed by atoms with Crippen LogP contribution in [-0.4, -0.2) is 44.4 Å². The Balaban J connectivity index is 1.43. The first-order valence-corrected chi connectivity index (χ1v) is 8.89. The van der Waals surface area contributed by atoms with Crippen molar-refractivity contribution < 1.29 is 14.5 Å². The third kappa shape index (κ3) is 3.67. The number of nitro benzene ring substituents is 1. The van der Waals surface area contributed by atoms with Crippen molar-refractivity contribution in [3.63, 3.8) is 0 Å². The average molecular weight is 369 g/mol. The molecule has 1 aliphatic heterocycles. The predicted molar refractivity (Wildman–Crippen MR) is 95.0 cm³/mol. The molecule has 2 aliphatic rings. The van der Waals surface area contributed by atoms with Gasteiger partial charge in [-0.1, -0.05) is 12.1 Å². The zero-order valence-corrected chi connectivity index (χ0v) is 14.6. The van der Waals surface area contributed by atoms with Crippen LogP contribution >= 0.6 is 0 Å². The van der Waals surface area contributed by atoms with Crippen LogP contribution in [0.15, 0.2) is 24.3 Å². The van der Waals surface area contributed by atoms with Crippen molar-refractivity contribution >= 4 is 17.5 Å². The Kier molecular flexibility index (Phi) is 4.35. The van der Waals surface area contributed by atoms with Gasteiger partial charge in [0.15, 0.2) is 5.69 Å². The van der Waals surface area contributed by atoms with E-state index in [1.54, 1.807) is 17.0 Å². The summed E-state index contributed by atoms with van der Waals surface area (Å²) in [5.41, 5.74) is 2.75. The molecule has 2 N–H and O–H groups in total. The van der Waals surface area contributed by atoms with Gasteiger partial charge in [0.25, 0.3) is 11.6 Å². The van der Waals surface area contributed by atoms with Gasteiger partial charge in [0.2, 0.25) is 5.91 Å². The molecule has 9 nitrogen and oxygen atoms in total. The molecule has 1 fully saturated rings. The van der Waals surface area contributed by atoms with Gasteiger partial charge >= 0.3 is 0 Å². The number of benzene rings is 1. The van der Waals surface area contributed by atoms with Gasteiger partial charge in [-0.15, -0.1) is 0 Å². The molecule has 0 spiro atoms. The molecular weight excluding hydrogens is 350 g/mol. The Morgan fingerprint density at radius 1 is 1.30 bits per heavy atom. The summed E-state index contributed by atoms with van der Waals surface area (Å²) in [6.07, 6.45) is 2.77. The van der Waals surface area contributed by atoms with E-state index in [1.165, 1.54) is 12.1 Å². The van der Waals surface area contributed by atoms with Gasteiger partial charge in [0.1, 0.15) is 0 Å². The van der Waals surface area contributed by atoms with Gasteiger partial charge < -0.3 is 10.2 Å². The van der Waals surface area contributed by atoms with E-state index in [-0.39, 0.29) is 30.0 Å². The molecule has 0 bridgehead atoms. The molecule has 2 amide bonds. The number of hydrogen-bond acceptors (Lipinski definition) is 5. The van der Waals surface area contributed by atoms with Crippen LogP contribution in [0.3, 0.4) is 0 Å². The van der Waals surface area contributed by atoms with Crippen molar-refractivity contribution in [3.05, 3.63) is 56.9 Å². The second-order valence-electron chi connectivity index (χ2n) is 6.94. The fourth-order valence-electron chi connectivity index (χ4n) is 3.20. The Morgan fingerprint density at radius 2 is 2.04 bits per heavy atom. The summed E-state index contributed by atoms with van der Waals surface area (Å²) in [7, 11) is 0. The van der Waals surface area contributed by atoms with Crippen LogP contribution in [0, 0.1) is 10.1 Å². The third-order valence-electron chi connectivity index (χ3n) is 4.92. The van der Waals surface area contributed by atoms with Crippen molar-refractivity contribution in [2.75, 3.05) is 6.54 Å². The van der Waals surface area contributed by atoms with Gasteiger partial charge in [0.05, 0.1) is 11.3 Å². The number of amides is 2. The van der Waals surface area contributed by atoms with Crippen LogP contribution in [0.5, 0.6) is 0 Å². The molecule has 0 saturated heterocycles. The first-order chi connectivity index (χ1) is 13.0. The Bertz CT molecular complexity index is 901. The largest absolute Gasteiger partial charge is 0.348 e. The van der Waals surface area contributed by atoms with Gasteiger partial charge in [-0.3, -0.25) is 24.8 Å². The Hall–Kier alpha value is -3.23. The minimum absolute atomic E-state index is 0.00136. The lowest BCUT2D eigenvalue weighted by molar-refractivity contribution is -0.384. The Labute approximate surface area is 154 Å². The van der Waals surface area contributed by atoms with E-state index in [4.69, 9.17) is 0 Å². The van der Waals surface area contributed by atoms with E-state index < -0.39 is 4.92 Å². The van der Waals surface area contributed by atoms with Crippen molar-refractivity contribution in [1.29, 1.82) is 0 Å². The van der Waals surface area contributed by atoms with Crippen LogP contribution in [0.25, 0.3) is 0 Å². The highest BCUT2D eigenvalue weighted by Crippen LogP contribution is 2.24. The number of nitrogens with one attached hydrogen (secondary N) is 2. The maximum absolute atomic E-state index is 12.6. The highest BCUT2D eigenvalue weighted by atomic mass is 16.6. The molecule has 2 heterocycles. The van der Waals surface area contributed by atoms with Crippen molar-refractivity contribution in [2.45, 2.75) is 38.3 Å². The van der Waals surface area contributed by atoms with Crippen LogP contribution < -0.4 is 5.32 Å². The van der Waals surface area contributed by atoms with Gasteiger partial charge in [-0.25, -0.2) is 0 Å². The number of nitrogens with zero attached hydrogens (tertiary/aromatic N) is 3. The second kappa shape index (κ2) is 6.82. The fraction of sp³-hybridized carbons (Fsp3) is 0.389. The van der Waals surface area contributed by atoms with Crippen LogP contribution in [-0.2, 0) is 24.2 Å². The SMILES string of the molecule is O=C(NC1CC1)c1n[nH]c2c1CN(C(=O)Cc1ccc([N+](=O)[O-])cc1)CC2. The summed E-state index contributed by atoms with van der Waals surface area (Å²) in [6, 6.07) is 6.23. The Morgan fingerprint density at radius 3 is 2.70 bits per heavy atom. The summed E-state index contributed by atoms with van der Waals surface area (Å²) < 4.78 is 0. The van der Waals surface area contributed by atoms with Crippen molar-refractivity contribution in [2.24, 2.45) is 0 Å².